The highest BCUT2D eigenvalue weighted by molar-refractivity contribution is 5.69. The van der Waals surface area contributed by atoms with Crippen LogP contribution in [0.25, 0.3) is 0 Å². The van der Waals surface area contributed by atoms with Gasteiger partial charge in [0.05, 0.1) is 20.1 Å². The second-order valence-corrected chi connectivity index (χ2v) is 5.39. The van der Waals surface area contributed by atoms with Crippen molar-refractivity contribution >= 4 is 5.97 Å². The molecule has 0 heterocycles. The minimum atomic E-state index is -0.124. The first kappa shape index (κ1) is 15.8. The molecule has 2 rings (SSSR count). The third-order valence-corrected chi connectivity index (χ3v) is 4.04. The lowest BCUT2D eigenvalue weighted by Gasteiger charge is -2.13. The number of hydrogen-bond acceptors (Lipinski definition) is 4. The molecule has 4 heteroatoms. The monoisotopic (exact) mass is 291 g/mol. The van der Waals surface area contributed by atoms with Gasteiger partial charge in [-0.1, -0.05) is 6.07 Å². The molecule has 0 saturated carbocycles. The van der Waals surface area contributed by atoms with Crippen LogP contribution in [-0.4, -0.2) is 32.8 Å². The number of benzene rings is 1. The van der Waals surface area contributed by atoms with Gasteiger partial charge in [-0.2, -0.15) is 0 Å². The Balaban J connectivity index is 1.73. The van der Waals surface area contributed by atoms with E-state index < -0.39 is 0 Å². The fraction of sp³-hybridized carbons (Fsp3) is 0.588. The molecular formula is C17H25NO3. The highest BCUT2D eigenvalue weighted by Crippen LogP contribution is 2.37. The van der Waals surface area contributed by atoms with Crippen LogP contribution in [0.3, 0.4) is 0 Å². The van der Waals surface area contributed by atoms with Gasteiger partial charge in [0.2, 0.25) is 0 Å². The normalized spacial score (nSPS) is 16.6. The summed E-state index contributed by atoms with van der Waals surface area (Å²) in [5.74, 6) is 1.42. The zero-order chi connectivity index (χ0) is 15.1. The molecule has 116 valence electrons. The van der Waals surface area contributed by atoms with Gasteiger partial charge in [0.1, 0.15) is 5.75 Å². The van der Waals surface area contributed by atoms with Gasteiger partial charge >= 0.3 is 5.97 Å². The van der Waals surface area contributed by atoms with E-state index in [-0.39, 0.29) is 5.97 Å². The summed E-state index contributed by atoms with van der Waals surface area (Å²) in [6, 6.07) is 6.40. The summed E-state index contributed by atoms with van der Waals surface area (Å²) in [5.41, 5.74) is 2.88. The Labute approximate surface area is 126 Å². The van der Waals surface area contributed by atoms with Crippen LogP contribution in [0, 0.1) is 0 Å². The van der Waals surface area contributed by atoms with Crippen molar-refractivity contribution in [3.8, 4) is 5.75 Å². The van der Waals surface area contributed by atoms with Crippen LogP contribution < -0.4 is 10.1 Å². The molecule has 0 spiro atoms. The Bertz CT molecular complexity index is 473. The van der Waals surface area contributed by atoms with Gasteiger partial charge in [-0.3, -0.25) is 4.79 Å². The van der Waals surface area contributed by atoms with Crippen molar-refractivity contribution in [1.29, 1.82) is 0 Å². The smallest absolute Gasteiger partial charge is 0.307 e. The standard InChI is InChI=1S/C17H25NO3/c1-3-21-17(19)9-11-18-10-8-14-5-4-13-6-7-15(20-2)12-16(13)14/h6-7,12,14,18H,3-5,8-11H2,1-2H3. The first-order valence-electron chi connectivity index (χ1n) is 7.77. The lowest BCUT2D eigenvalue weighted by Crippen LogP contribution is -2.21. The van der Waals surface area contributed by atoms with Gasteiger partial charge in [0.15, 0.2) is 0 Å². The average Bonchev–Trinajstić information content (AvgIpc) is 2.89. The second-order valence-electron chi connectivity index (χ2n) is 5.39. The average molecular weight is 291 g/mol. The summed E-state index contributed by atoms with van der Waals surface area (Å²) >= 11 is 0. The Morgan fingerprint density at radius 3 is 3.00 bits per heavy atom. The minimum absolute atomic E-state index is 0.124. The molecule has 0 radical (unpaired) electrons. The summed E-state index contributed by atoms with van der Waals surface area (Å²) < 4.78 is 10.2. The van der Waals surface area contributed by atoms with Crippen molar-refractivity contribution in [2.45, 2.75) is 38.5 Å². The molecular weight excluding hydrogens is 266 g/mol. The molecule has 1 unspecified atom stereocenters. The Morgan fingerprint density at radius 1 is 1.38 bits per heavy atom. The molecule has 21 heavy (non-hydrogen) atoms. The van der Waals surface area contributed by atoms with Gasteiger partial charge in [0, 0.05) is 6.54 Å². The third kappa shape index (κ3) is 4.46. The van der Waals surface area contributed by atoms with Crippen molar-refractivity contribution in [1.82, 2.24) is 5.32 Å². The van der Waals surface area contributed by atoms with Crippen molar-refractivity contribution in [3.63, 3.8) is 0 Å². The fourth-order valence-electron chi connectivity index (χ4n) is 2.92. The van der Waals surface area contributed by atoms with E-state index in [1.54, 1.807) is 7.11 Å². The van der Waals surface area contributed by atoms with Crippen LogP contribution in [0.1, 0.15) is 43.2 Å². The summed E-state index contributed by atoms with van der Waals surface area (Å²) in [5, 5.41) is 3.33. The van der Waals surface area contributed by atoms with Crippen LogP contribution in [0.15, 0.2) is 18.2 Å². The van der Waals surface area contributed by atoms with Crippen molar-refractivity contribution in [2.24, 2.45) is 0 Å². The fourth-order valence-corrected chi connectivity index (χ4v) is 2.92. The predicted octanol–water partition coefficient (Wildman–Crippen LogP) is 2.66. The van der Waals surface area contributed by atoms with Crippen LogP contribution in [0.2, 0.25) is 0 Å². The van der Waals surface area contributed by atoms with E-state index in [1.807, 2.05) is 13.0 Å². The highest BCUT2D eigenvalue weighted by Gasteiger charge is 2.22. The van der Waals surface area contributed by atoms with Crippen LogP contribution >= 0.6 is 0 Å². The molecule has 1 atom stereocenters. The van der Waals surface area contributed by atoms with Gasteiger partial charge in [-0.25, -0.2) is 0 Å². The Kier molecular flexibility index (Phi) is 6.05. The number of aryl methyl sites for hydroxylation is 1. The molecule has 4 nitrogen and oxygen atoms in total. The maximum Gasteiger partial charge on any atom is 0.307 e. The number of carbonyl (C=O) groups is 1. The largest absolute Gasteiger partial charge is 0.497 e. The first-order valence-corrected chi connectivity index (χ1v) is 7.77. The van der Waals surface area contributed by atoms with Crippen molar-refractivity contribution < 1.29 is 14.3 Å². The summed E-state index contributed by atoms with van der Waals surface area (Å²) in [4.78, 5) is 11.2. The molecule has 0 amide bonds. The molecule has 0 fully saturated rings. The van der Waals surface area contributed by atoms with Crippen LogP contribution in [-0.2, 0) is 16.0 Å². The second kappa shape index (κ2) is 8.03. The molecule has 0 bridgehead atoms. The van der Waals surface area contributed by atoms with E-state index in [4.69, 9.17) is 9.47 Å². The number of fused-ring (bicyclic) bond motifs is 1. The third-order valence-electron chi connectivity index (χ3n) is 4.04. The van der Waals surface area contributed by atoms with Crippen molar-refractivity contribution in [3.05, 3.63) is 29.3 Å². The summed E-state index contributed by atoms with van der Waals surface area (Å²) in [6.45, 7) is 3.91. The lowest BCUT2D eigenvalue weighted by atomic mass is 9.97. The first-order chi connectivity index (χ1) is 10.2. The number of nitrogens with one attached hydrogen (secondary N) is 1. The highest BCUT2D eigenvalue weighted by atomic mass is 16.5. The van der Waals surface area contributed by atoms with E-state index in [1.165, 1.54) is 17.5 Å². The molecule has 0 aromatic heterocycles. The minimum Gasteiger partial charge on any atom is -0.497 e. The number of ether oxygens (including phenoxy) is 2. The van der Waals surface area contributed by atoms with E-state index >= 15 is 0 Å². The van der Waals surface area contributed by atoms with E-state index in [2.05, 4.69) is 17.4 Å². The SMILES string of the molecule is CCOC(=O)CCNCCC1CCc2ccc(OC)cc21. The number of methoxy groups -OCH3 is 1. The van der Waals surface area contributed by atoms with Gasteiger partial charge in [-0.15, -0.1) is 0 Å². The Morgan fingerprint density at radius 2 is 2.24 bits per heavy atom. The molecule has 1 aliphatic rings. The van der Waals surface area contributed by atoms with Gasteiger partial charge in [-0.05, 0) is 61.9 Å². The van der Waals surface area contributed by atoms with Crippen LogP contribution in [0.4, 0.5) is 0 Å². The number of hydrogen-bond donors (Lipinski definition) is 1. The maximum atomic E-state index is 11.2. The molecule has 0 saturated heterocycles. The zero-order valence-electron chi connectivity index (χ0n) is 13.0. The molecule has 1 aromatic carbocycles. The van der Waals surface area contributed by atoms with E-state index in [0.717, 1.165) is 25.1 Å². The van der Waals surface area contributed by atoms with Crippen molar-refractivity contribution in [2.75, 3.05) is 26.8 Å². The number of esters is 1. The van der Waals surface area contributed by atoms with Gasteiger partial charge < -0.3 is 14.8 Å². The predicted molar refractivity (Wildman–Crippen MR) is 82.8 cm³/mol. The molecule has 0 aliphatic heterocycles. The van der Waals surface area contributed by atoms with Crippen LogP contribution in [0.5, 0.6) is 5.75 Å². The molecule has 1 aromatic rings. The van der Waals surface area contributed by atoms with Gasteiger partial charge in [0.25, 0.3) is 0 Å². The van der Waals surface area contributed by atoms with E-state index in [0.29, 0.717) is 25.5 Å². The lowest BCUT2D eigenvalue weighted by molar-refractivity contribution is -0.142. The molecule has 1 aliphatic carbocycles. The summed E-state index contributed by atoms with van der Waals surface area (Å²) in [7, 11) is 1.71. The number of rotatable bonds is 8. The summed E-state index contributed by atoms with van der Waals surface area (Å²) in [6.07, 6.45) is 3.92. The quantitative estimate of drug-likeness (QED) is 0.591. The van der Waals surface area contributed by atoms with E-state index in [9.17, 15) is 4.79 Å². The Hall–Kier alpha value is -1.55. The zero-order valence-corrected chi connectivity index (χ0v) is 13.0. The molecule has 1 N–H and O–H groups in total. The topological polar surface area (TPSA) is 47.6 Å². The number of carbonyl (C=O) groups excluding carboxylic acids is 1. The maximum absolute atomic E-state index is 11.2.